The molecule has 0 radical (unpaired) electrons. The zero-order chi connectivity index (χ0) is 14.3. The van der Waals surface area contributed by atoms with Gasteiger partial charge in [0.1, 0.15) is 5.69 Å². The minimum Gasteiger partial charge on any atom is -0.461 e. The lowest BCUT2D eigenvalue weighted by molar-refractivity contribution is 0.0518. The van der Waals surface area contributed by atoms with Crippen molar-refractivity contribution in [2.45, 2.75) is 13.5 Å². The summed E-state index contributed by atoms with van der Waals surface area (Å²) in [7, 11) is 0. The fourth-order valence-corrected chi connectivity index (χ4v) is 2.47. The molecule has 1 rings (SSSR count). The molecule has 0 spiro atoms. The average Bonchev–Trinajstić information content (AvgIpc) is 2.71. The number of hydrogen-bond acceptors (Lipinski definition) is 5. The average molecular weight is 282 g/mol. The Morgan fingerprint density at radius 1 is 1.42 bits per heavy atom. The summed E-state index contributed by atoms with van der Waals surface area (Å²) in [6.07, 6.45) is 3.53. The van der Waals surface area contributed by atoms with Crippen LogP contribution in [-0.2, 0) is 11.3 Å². The number of hydrogen-bond donors (Lipinski definition) is 1. The summed E-state index contributed by atoms with van der Waals surface area (Å²) >= 11 is 1.03. The monoisotopic (exact) mass is 282 g/mol. The lowest BCUT2D eigenvalue weighted by Gasteiger charge is -2.17. The van der Waals surface area contributed by atoms with Crippen LogP contribution in [0.3, 0.4) is 0 Å². The van der Waals surface area contributed by atoms with E-state index in [1.54, 1.807) is 19.1 Å². The predicted molar refractivity (Wildman–Crippen MR) is 76.6 cm³/mol. The largest absolute Gasteiger partial charge is 0.461 e. The van der Waals surface area contributed by atoms with E-state index in [0.717, 1.165) is 11.3 Å². The van der Waals surface area contributed by atoms with E-state index >= 15 is 0 Å². The predicted octanol–water partition coefficient (Wildman–Crippen LogP) is 1.79. The summed E-state index contributed by atoms with van der Waals surface area (Å²) in [5.74, 6) is -0.493. The number of H-pyrrole nitrogens is 1. The van der Waals surface area contributed by atoms with Gasteiger partial charge < -0.3 is 9.72 Å². The Labute approximate surface area is 116 Å². The van der Waals surface area contributed by atoms with Crippen LogP contribution < -0.4 is 4.87 Å². The number of ether oxygens (including phenoxy) is 1. The lowest BCUT2D eigenvalue weighted by Crippen LogP contribution is -2.24. The smallest absolute Gasteiger partial charge is 0.356 e. The summed E-state index contributed by atoms with van der Waals surface area (Å²) in [6.45, 7) is 11.2. The molecule has 0 unspecified atom stereocenters. The van der Waals surface area contributed by atoms with E-state index in [1.165, 1.54) is 0 Å². The van der Waals surface area contributed by atoms with E-state index in [-0.39, 0.29) is 17.2 Å². The van der Waals surface area contributed by atoms with Gasteiger partial charge in [0, 0.05) is 19.6 Å². The highest BCUT2D eigenvalue weighted by Crippen LogP contribution is 2.14. The van der Waals surface area contributed by atoms with Gasteiger partial charge in [-0.2, -0.15) is 0 Å². The first-order valence-electron chi connectivity index (χ1n) is 5.95. The van der Waals surface area contributed by atoms with Crippen molar-refractivity contribution in [1.29, 1.82) is 0 Å². The number of thiazole rings is 1. The third kappa shape index (κ3) is 4.50. The van der Waals surface area contributed by atoms with Gasteiger partial charge in [-0.15, -0.1) is 13.2 Å². The normalized spacial score (nSPS) is 10.4. The van der Waals surface area contributed by atoms with Crippen molar-refractivity contribution in [3.63, 3.8) is 0 Å². The molecule has 1 aromatic heterocycles. The molecule has 0 saturated carbocycles. The van der Waals surface area contributed by atoms with Crippen LogP contribution in [0.5, 0.6) is 0 Å². The molecule has 0 amide bonds. The van der Waals surface area contributed by atoms with Crippen molar-refractivity contribution >= 4 is 17.3 Å². The van der Waals surface area contributed by atoms with Crippen LogP contribution in [0.1, 0.15) is 22.3 Å². The number of aromatic nitrogens is 1. The van der Waals surface area contributed by atoms with E-state index in [0.29, 0.717) is 24.5 Å². The molecule has 1 heterocycles. The van der Waals surface area contributed by atoms with E-state index in [4.69, 9.17) is 4.74 Å². The van der Waals surface area contributed by atoms with Crippen LogP contribution in [0.25, 0.3) is 0 Å². The minimum absolute atomic E-state index is 0.245. The Bertz CT molecular complexity index is 494. The van der Waals surface area contributed by atoms with Crippen LogP contribution >= 0.6 is 11.3 Å². The van der Waals surface area contributed by atoms with Gasteiger partial charge >= 0.3 is 10.8 Å². The molecule has 0 aromatic carbocycles. The second-order valence-corrected chi connectivity index (χ2v) is 4.87. The molecule has 1 N–H and O–H groups in total. The molecule has 0 aliphatic heterocycles. The Balaban J connectivity index is 2.92. The number of rotatable bonds is 8. The fraction of sp³-hybridized carbons (Fsp3) is 0.385. The number of nitrogens with one attached hydrogen (secondary N) is 1. The van der Waals surface area contributed by atoms with Gasteiger partial charge in [0.15, 0.2) is 0 Å². The van der Waals surface area contributed by atoms with Gasteiger partial charge in [-0.3, -0.25) is 9.69 Å². The molecular formula is C13H18N2O3S. The summed E-state index contributed by atoms with van der Waals surface area (Å²) in [4.78, 5) is 28.1. The first kappa shape index (κ1) is 15.4. The maximum Gasteiger partial charge on any atom is 0.356 e. The van der Waals surface area contributed by atoms with Crippen molar-refractivity contribution in [2.75, 3.05) is 19.7 Å². The van der Waals surface area contributed by atoms with Gasteiger partial charge in [-0.05, 0) is 6.92 Å². The number of carbonyl (C=O) groups excluding carboxylic acids is 1. The summed E-state index contributed by atoms with van der Waals surface area (Å²) in [5.41, 5.74) is 0.245. The second-order valence-electron chi connectivity index (χ2n) is 3.80. The number of carbonyl (C=O) groups is 1. The molecule has 6 heteroatoms. The van der Waals surface area contributed by atoms with E-state index in [2.05, 4.69) is 18.1 Å². The molecule has 0 aliphatic rings. The van der Waals surface area contributed by atoms with Gasteiger partial charge in [0.05, 0.1) is 11.5 Å². The number of aromatic amines is 1. The molecule has 0 aliphatic carbocycles. The molecule has 0 saturated heterocycles. The Morgan fingerprint density at radius 3 is 2.58 bits per heavy atom. The molecule has 104 valence electrons. The maximum atomic E-state index is 11.7. The van der Waals surface area contributed by atoms with Gasteiger partial charge in [0.2, 0.25) is 0 Å². The van der Waals surface area contributed by atoms with Crippen molar-refractivity contribution in [1.82, 2.24) is 9.88 Å². The highest BCUT2D eigenvalue weighted by Gasteiger charge is 2.18. The molecule has 19 heavy (non-hydrogen) atoms. The highest BCUT2D eigenvalue weighted by atomic mass is 32.1. The number of nitrogens with zero attached hydrogens (tertiary/aromatic N) is 1. The SMILES string of the molecule is C=CCN(CC=C)Cc1sc(=O)[nH]c1C(=O)OCC. The Kier molecular flexibility index (Phi) is 6.24. The van der Waals surface area contributed by atoms with Crippen LogP contribution in [0.4, 0.5) is 0 Å². The third-order valence-corrected chi connectivity index (χ3v) is 3.21. The number of esters is 1. The van der Waals surface area contributed by atoms with Crippen molar-refractivity contribution in [2.24, 2.45) is 0 Å². The summed E-state index contributed by atoms with van der Waals surface area (Å²) in [6, 6.07) is 0. The molecule has 5 nitrogen and oxygen atoms in total. The van der Waals surface area contributed by atoms with Gasteiger partial charge in [0.25, 0.3) is 0 Å². The lowest BCUT2D eigenvalue weighted by atomic mass is 10.3. The Morgan fingerprint density at radius 2 is 2.05 bits per heavy atom. The van der Waals surface area contributed by atoms with Gasteiger partial charge in [-0.25, -0.2) is 4.79 Å². The molecule has 0 atom stereocenters. The quantitative estimate of drug-likeness (QED) is 0.583. The standard InChI is InChI=1S/C13H18N2O3S/c1-4-7-15(8-5-2)9-10-11(12(16)18-6-3)14-13(17)19-10/h4-5H,1-2,6-9H2,3H3,(H,14,17). The first-order valence-corrected chi connectivity index (χ1v) is 6.77. The van der Waals surface area contributed by atoms with Crippen LogP contribution in [0, 0.1) is 0 Å². The molecular weight excluding hydrogens is 264 g/mol. The Hall–Kier alpha value is -1.66. The summed E-state index contributed by atoms with van der Waals surface area (Å²) < 4.78 is 4.92. The van der Waals surface area contributed by atoms with Crippen molar-refractivity contribution < 1.29 is 9.53 Å². The first-order chi connectivity index (χ1) is 9.12. The molecule has 0 fully saturated rings. The summed E-state index contributed by atoms with van der Waals surface area (Å²) in [5, 5.41) is 0. The van der Waals surface area contributed by atoms with Crippen LogP contribution in [-0.4, -0.2) is 35.5 Å². The fourth-order valence-electron chi connectivity index (χ4n) is 1.61. The maximum absolute atomic E-state index is 11.7. The second kappa shape index (κ2) is 7.70. The molecule has 0 bridgehead atoms. The zero-order valence-corrected chi connectivity index (χ0v) is 11.8. The van der Waals surface area contributed by atoms with Crippen LogP contribution in [0.15, 0.2) is 30.1 Å². The highest BCUT2D eigenvalue weighted by molar-refractivity contribution is 7.09. The van der Waals surface area contributed by atoms with E-state index in [1.807, 2.05) is 4.90 Å². The van der Waals surface area contributed by atoms with Gasteiger partial charge in [-0.1, -0.05) is 23.5 Å². The van der Waals surface area contributed by atoms with Crippen LogP contribution in [0.2, 0.25) is 0 Å². The van der Waals surface area contributed by atoms with Crippen molar-refractivity contribution in [3.8, 4) is 0 Å². The van der Waals surface area contributed by atoms with E-state index < -0.39 is 5.97 Å². The minimum atomic E-state index is -0.493. The third-order valence-electron chi connectivity index (χ3n) is 2.34. The molecule has 1 aromatic rings. The topological polar surface area (TPSA) is 62.4 Å². The van der Waals surface area contributed by atoms with E-state index in [9.17, 15) is 9.59 Å². The van der Waals surface area contributed by atoms with Crippen molar-refractivity contribution in [3.05, 3.63) is 45.5 Å². The zero-order valence-electron chi connectivity index (χ0n) is 11.0.